The molecule has 1 fully saturated rings. The lowest BCUT2D eigenvalue weighted by Gasteiger charge is -2.31. The van der Waals surface area contributed by atoms with Crippen molar-refractivity contribution in [3.05, 3.63) is 29.8 Å². The molecule has 0 saturated carbocycles. The fraction of sp³-hybridized carbons (Fsp3) is 0.500. The van der Waals surface area contributed by atoms with Gasteiger partial charge in [-0.15, -0.1) is 0 Å². The highest BCUT2D eigenvalue weighted by Crippen LogP contribution is 2.13. The van der Waals surface area contributed by atoms with Crippen LogP contribution >= 0.6 is 0 Å². The van der Waals surface area contributed by atoms with Gasteiger partial charge in [-0.25, -0.2) is 4.79 Å². The van der Waals surface area contributed by atoms with E-state index in [1.165, 1.54) is 5.56 Å². The molecule has 2 rings (SSSR count). The van der Waals surface area contributed by atoms with Gasteiger partial charge in [0.15, 0.2) is 0 Å². The number of benzene rings is 1. The lowest BCUT2D eigenvalue weighted by molar-refractivity contribution is 0.189. The van der Waals surface area contributed by atoms with Crippen LogP contribution < -0.4 is 10.6 Å². The summed E-state index contributed by atoms with van der Waals surface area (Å²) in [6.07, 6.45) is 2.05. The van der Waals surface area contributed by atoms with E-state index in [2.05, 4.69) is 10.6 Å². The normalized spacial score (nSPS) is 16.3. The molecule has 1 aliphatic rings. The topological polar surface area (TPSA) is 44.4 Å². The molecule has 98 valence electrons. The maximum Gasteiger partial charge on any atom is 0.321 e. The number of aryl methyl sites for hydroxylation is 1. The van der Waals surface area contributed by atoms with Gasteiger partial charge < -0.3 is 15.5 Å². The summed E-state index contributed by atoms with van der Waals surface area (Å²) in [5.41, 5.74) is 2.05. The molecule has 4 nitrogen and oxygen atoms in total. The summed E-state index contributed by atoms with van der Waals surface area (Å²) >= 11 is 0. The number of hydrogen-bond acceptors (Lipinski definition) is 2. The average Bonchev–Trinajstić information content (AvgIpc) is 2.41. The fourth-order valence-electron chi connectivity index (χ4n) is 2.21. The number of piperidine rings is 1. The van der Waals surface area contributed by atoms with Crippen molar-refractivity contribution in [2.75, 3.05) is 25.5 Å². The number of nitrogens with zero attached hydrogens (tertiary/aromatic N) is 1. The molecule has 1 aromatic rings. The number of rotatable bonds is 2. The number of carbonyl (C=O) groups is 1. The molecule has 2 N–H and O–H groups in total. The number of hydrogen-bond donors (Lipinski definition) is 2. The van der Waals surface area contributed by atoms with Gasteiger partial charge >= 0.3 is 6.03 Å². The van der Waals surface area contributed by atoms with E-state index in [0.717, 1.165) is 31.6 Å². The Hall–Kier alpha value is -1.55. The molecule has 1 heterocycles. The highest BCUT2D eigenvalue weighted by atomic mass is 16.2. The molecule has 1 aliphatic heterocycles. The highest BCUT2D eigenvalue weighted by Gasteiger charge is 2.21. The fourth-order valence-corrected chi connectivity index (χ4v) is 2.21. The Morgan fingerprint density at radius 3 is 2.50 bits per heavy atom. The van der Waals surface area contributed by atoms with Gasteiger partial charge in [-0.2, -0.15) is 0 Å². The quantitative estimate of drug-likeness (QED) is 0.841. The SMILES string of the molecule is Cc1ccc(NC(=O)N(C)C2CCNCC2)cc1. The van der Waals surface area contributed by atoms with Gasteiger partial charge in [-0.05, 0) is 45.0 Å². The molecule has 0 aromatic heterocycles. The summed E-state index contributed by atoms with van der Waals surface area (Å²) < 4.78 is 0. The van der Waals surface area contributed by atoms with Gasteiger partial charge in [0, 0.05) is 18.8 Å². The largest absolute Gasteiger partial charge is 0.325 e. The minimum Gasteiger partial charge on any atom is -0.325 e. The predicted octanol–water partition coefficient (Wildman–Crippen LogP) is 2.21. The van der Waals surface area contributed by atoms with Crippen LogP contribution in [0, 0.1) is 6.92 Å². The maximum atomic E-state index is 12.1. The highest BCUT2D eigenvalue weighted by molar-refractivity contribution is 5.89. The van der Waals surface area contributed by atoms with Gasteiger partial charge in [-0.1, -0.05) is 17.7 Å². The van der Waals surface area contributed by atoms with Crippen molar-refractivity contribution in [3.63, 3.8) is 0 Å². The van der Waals surface area contributed by atoms with E-state index >= 15 is 0 Å². The van der Waals surface area contributed by atoms with Crippen LogP contribution in [0.25, 0.3) is 0 Å². The second-order valence-electron chi connectivity index (χ2n) is 4.89. The van der Waals surface area contributed by atoms with Crippen molar-refractivity contribution in [3.8, 4) is 0 Å². The van der Waals surface area contributed by atoms with Crippen LogP contribution in [0.1, 0.15) is 18.4 Å². The van der Waals surface area contributed by atoms with Crippen LogP contribution in [0.2, 0.25) is 0 Å². The van der Waals surface area contributed by atoms with E-state index in [-0.39, 0.29) is 6.03 Å². The molecular weight excluding hydrogens is 226 g/mol. The van der Waals surface area contributed by atoms with Gasteiger partial charge in [0.05, 0.1) is 0 Å². The third-order valence-electron chi connectivity index (χ3n) is 3.48. The lowest BCUT2D eigenvalue weighted by atomic mass is 10.1. The van der Waals surface area contributed by atoms with Crippen molar-refractivity contribution in [2.45, 2.75) is 25.8 Å². The number of amides is 2. The standard InChI is InChI=1S/C14H21N3O/c1-11-3-5-12(6-4-11)16-14(18)17(2)13-7-9-15-10-8-13/h3-6,13,15H,7-10H2,1-2H3,(H,16,18). The van der Waals surface area contributed by atoms with Gasteiger partial charge in [-0.3, -0.25) is 0 Å². The second-order valence-corrected chi connectivity index (χ2v) is 4.89. The molecule has 0 atom stereocenters. The zero-order chi connectivity index (χ0) is 13.0. The van der Waals surface area contributed by atoms with Crippen LogP contribution in [-0.4, -0.2) is 37.1 Å². The first-order chi connectivity index (χ1) is 8.66. The molecule has 4 heteroatoms. The Kier molecular flexibility index (Phi) is 4.20. The Morgan fingerprint density at radius 2 is 1.89 bits per heavy atom. The Morgan fingerprint density at radius 1 is 1.28 bits per heavy atom. The third kappa shape index (κ3) is 3.23. The predicted molar refractivity (Wildman–Crippen MR) is 73.9 cm³/mol. The molecule has 0 spiro atoms. The van der Waals surface area contributed by atoms with E-state index < -0.39 is 0 Å². The van der Waals surface area contributed by atoms with E-state index in [1.807, 2.05) is 43.1 Å². The molecule has 1 aromatic carbocycles. The van der Waals surface area contributed by atoms with Crippen molar-refractivity contribution in [1.82, 2.24) is 10.2 Å². The Labute approximate surface area is 108 Å². The van der Waals surface area contributed by atoms with Gasteiger partial charge in [0.1, 0.15) is 0 Å². The van der Waals surface area contributed by atoms with E-state index in [0.29, 0.717) is 6.04 Å². The summed E-state index contributed by atoms with van der Waals surface area (Å²) in [5, 5.41) is 6.24. The monoisotopic (exact) mass is 247 g/mol. The Bertz CT molecular complexity index is 396. The van der Waals surface area contributed by atoms with Crippen LogP contribution in [0.5, 0.6) is 0 Å². The van der Waals surface area contributed by atoms with Crippen molar-refractivity contribution in [2.24, 2.45) is 0 Å². The number of carbonyl (C=O) groups excluding carboxylic acids is 1. The average molecular weight is 247 g/mol. The van der Waals surface area contributed by atoms with Crippen LogP contribution in [0.15, 0.2) is 24.3 Å². The summed E-state index contributed by atoms with van der Waals surface area (Å²) in [6.45, 7) is 4.02. The van der Waals surface area contributed by atoms with Crippen LogP contribution in [0.4, 0.5) is 10.5 Å². The third-order valence-corrected chi connectivity index (χ3v) is 3.48. The minimum absolute atomic E-state index is 0.0225. The zero-order valence-electron chi connectivity index (χ0n) is 11.1. The maximum absolute atomic E-state index is 12.1. The van der Waals surface area contributed by atoms with E-state index in [1.54, 1.807) is 0 Å². The molecule has 0 radical (unpaired) electrons. The first kappa shape index (κ1) is 12.9. The summed E-state index contributed by atoms with van der Waals surface area (Å²) in [4.78, 5) is 13.9. The smallest absolute Gasteiger partial charge is 0.321 e. The van der Waals surface area contributed by atoms with Crippen molar-refractivity contribution < 1.29 is 4.79 Å². The zero-order valence-corrected chi connectivity index (χ0v) is 11.1. The van der Waals surface area contributed by atoms with E-state index in [4.69, 9.17) is 0 Å². The number of urea groups is 1. The van der Waals surface area contributed by atoms with Crippen molar-refractivity contribution in [1.29, 1.82) is 0 Å². The summed E-state index contributed by atoms with van der Waals surface area (Å²) in [7, 11) is 1.87. The van der Waals surface area contributed by atoms with Crippen LogP contribution in [-0.2, 0) is 0 Å². The van der Waals surface area contributed by atoms with Crippen LogP contribution in [0.3, 0.4) is 0 Å². The summed E-state index contributed by atoms with van der Waals surface area (Å²) in [6, 6.07) is 8.19. The number of nitrogens with one attached hydrogen (secondary N) is 2. The molecule has 0 unspecified atom stereocenters. The minimum atomic E-state index is -0.0225. The number of anilines is 1. The molecule has 18 heavy (non-hydrogen) atoms. The molecule has 1 saturated heterocycles. The molecule has 0 aliphatic carbocycles. The second kappa shape index (κ2) is 5.87. The summed E-state index contributed by atoms with van der Waals surface area (Å²) in [5.74, 6) is 0. The van der Waals surface area contributed by atoms with E-state index in [9.17, 15) is 4.79 Å². The van der Waals surface area contributed by atoms with Gasteiger partial charge in [0.25, 0.3) is 0 Å². The molecular formula is C14H21N3O. The first-order valence-electron chi connectivity index (χ1n) is 6.48. The molecule has 0 bridgehead atoms. The Balaban J connectivity index is 1.92. The lowest BCUT2D eigenvalue weighted by Crippen LogP contribution is -2.45. The first-order valence-corrected chi connectivity index (χ1v) is 6.48. The molecule has 2 amide bonds. The van der Waals surface area contributed by atoms with Crippen molar-refractivity contribution >= 4 is 11.7 Å². The van der Waals surface area contributed by atoms with Gasteiger partial charge in [0.2, 0.25) is 0 Å².